The van der Waals surface area contributed by atoms with Gasteiger partial charge in [0, 0.05) is 6.20 Å². The lowest BCUT2D eigenvalue weighted by Crippen LogP contribution is -2.04. The number of thioether (sulfide) groups is 1. The van der Waals surface area contributed by atoms with Crippen molar-refractivity contribution in [1.29, 1.82) is 0 Å². The second-order valence-corrected chi connectivity index (χ2v) is 7.17. The van der Waals surface area contributed by atoms with Crippen LogP contribution < -0.4 is 4.74 Å². The Morgan fingerprint density at radius 2 is 2.09 bits per heavy atom. The highest BCUT2D eigenvalue weighted by molar-refractivity contribution is 7.98. The van der Waals surface area contributed by atoms with Gasteiger partial charge in [-0.2, -0.15) is 14.9 Å². The number of nitrogens with zero attached hydrogens (tertiary/aromatic N) is 6. The number of furan rings is 1. The first-order valence-corrected chi connectivity index (χ1v) is 10.3. The lowest BCUT2D eigenvalue weighted by molar-refractivity contribution is 0.0593. The van der Waals surface area contributed by atoms with E-state index in [2.05, 4.69) is 25.1 Å². The molecule has 3 aromatic heterocycles. The minimum absolute atomic E-state index is 0.199. The van der Waals surface area contributed by atoms with E-state index in [0.29, 0.717) is 28.3 Å². The molecular weight excluding hydrogens is 439 g/mol. The summed E-state index contributed by atoms with van der Waals surface area (Å²) in [5.41, 5.74) is 0.226. The average Bonchev–Trinajstić information content (AvgIpc) is 3.56. The van der Waals surface area contributed by atoms with Crippen LogP contribution >= 0.6 is 11.8 Å². The largest absolute Gasteiger partial charge is 0.486 e. The molecule has 0 N–H and O–H groups in total. The number of hydrogen-bond donors (Lipinski definition) is 0. The Bertz CT molecular complexity index is 1220. The molecule has 4 rings (SSSR count). The summed E-state index contributed by atoms with van der Waals surface area (Å²) < 4.78 is 31.9. The van der Waals surface area contributed by atoms with E-state index >= 15 is 0 Å². The van der Waals surface area contributed by atoms with Gasteiger partial charge in [0.15, 0.2) is 5.69 Å². The first kappa shape index (κ1) is 21.3. The Kier molecular flexibility index (Phi) is 6.60. The fraction of sp³-hybridized carbons (Fsp3) is 0.150. The maximum absolute atomic E-state index is 12.9. The molecule has 0 aliphatic rings. The second-order valence-electron chi connectivity index (χ2n) is 6.25. The number of methoxy groups -OCH3 is 1. The predicted octanol–water partition coefficient (Wildman–Crippen LogP) is 3.20. The summed E-state index contributed by atoms with van der Waals surface area (Å²) in [6.45, 7) is 0.199. The van der Waals surface area contributed by atoms with Gasteiger partial charge in [-0.25, -0.2) is 9.18 Å². The van der Waals surface area contributed by atoms with E-state index in [-0.39, 0.29) is 18.1 Å². The summed E-state index contributed by atoms with van der Waals surface area (Å²) in [5.74, 6) is 1.23. The maximum atomic E-state index is 12.9. The SMILES string of the molecule is COC(=O)c1ccn(CSc2nncn2N=Cc2ccc(COc3ccc(F)cc3)o2)n1. The minimum Gasteiger partial charge on any atom is -0.486 e. The number of carbonyl (C=O) groups is 1. The number of ether oxygens (including phenoxy) is 2. The van der Waals surface area contributed by atoms with Gasteiger partial charge in [0.1, 0.15) is 36.0 Å². The van der Waals surface area contributed by atoms with E-state index in [1.54, 1.807) is 41.2 Å². The van der Waals surface area contributed by atoms with Crippen LogP contribution in [0.5, 0.6) is 5.75 Å². The van der Waals surface area contributed by atoms with E-state index in [0.717, 1.165) is 0 Å². The van der Waals surface area contributed by atoms with Crippen molar-refractivity contribution in [1.82, 2.24) is 24.7 Å². The van der Waals surface area contributed by atoms with Crippen molar-refractivity contribution in [2.45, 2.75) is 17.6 Å². The molecule has 4 aromatic rings. The van der Waals surface area contributed by atoms with Crippen molar-refractivity contribution in [3.05, 3.63) is 78.0 Å². The van der Waals surface area contributed by atoms with Crippen LogP contribution in [0.4, 0.5) is 4.39 Å². The van der Waals surface area contributed by atoms with Gasteiger partial charge in [-0.3, -0.25) is 4.68 Å². The summed E-state index contributed by atoms with van der Waals surface area (Å²) in [6, 6.07) is 10.8. The number of carbonyl (C=O) groups excluding carboxylic acids is 1. The number of hydrogen-bond acceptors (Lipinski definition) is 9. The molecular formula is C20H17FN6O4S. The number of benzene rings is 1. The first-order chi connectivity index (χ1) is 15.6. The van der Waals surface area contributed by atoms with Gasteiger partial charge in [-0.15, -0.1) is 10.2 Å². The topological polar surface area (TPSA) is 110 Å². The molecule has 0 atom stereocenters. The van der Waals surface area contributed by atoms with Crippen molar-refractivity contribution in [2.24, 2.45) is 5.10 Å². The van der Waals surface area contributed by atoms with Gasteiger partial charge in [-0.05, 0) is 42.5 Å². The Hall–Kier alpha value is -3.93. The zero-order valence-corrected chi connectivity index (χ0v) is 17.6. The standard InChI is InChI=1S/C20H17FN6O4S/c1-29-19(28)18-8-9-26(25-18)13-32-20-24-22-12-27(20)23-10-16-6-7-17(31-16)11-30-15-4-2-14(21)3-5-15/h2-10,12H,11,13H2,1H3. The third-order valence-electron chi connectivity index (χ3n) is 4.05. The Morgan fingerprint density at radius 3 is 2.91 bits per heavy atom. The van der Waals surface area contributed by atoms with Gasteiger partial charge in [-0.1, -0.05) is 11.8 Å². The molecule has 0 unspecified atom stereocenters. The molecule has 0 aliphatic heterocycles. The van der Waals surface area contributed by atoms with Crippen LogP contribution in [0.25, 0.3) is 0 Å². The van der Waals surface area contributed by atoms with E-state index < -0.39 is 5.97 Å². The minimum atomic E-state index is -0.498. The van der Waals surface area contributed by atoms with Gasteiger partial charge in [0.2, 0.25) is 5.16 Å². The van der Waals surface area contributed by atoms with Crippen LogP contribution in [0.2, 0.25) is 0 Å². The predicted molar refractivity (Wildman–Crippen MR) is 112 cm³/mol. The quantitative estimate of drug-likeness (QED) is 0.215. The molecule has 32 heavy (non-hydrogen) atoms. The molecule has 0 bridgehead atoms. The van der Waals surface area contributed by atoms with E-state index in [1.807, 2.05) is 0 Å². The van der Waals surface area contributed by atoms with Crippen molar-refractivity contribution in [3.8, 4) is 5.75 Å². The Morgan fingerprint density at radius 1 is 1.25 bits per heavy atom. The summed E-state index contributed by atoms with van der Waals surface area (Å²) in [4.78, 5) is 11.5. The first-order valence-electron chi connectivity index (χ1n) is 9.27. The third kappa shape index (κ3) is 5.40. The Labute approximate surface area is 185 Å². The average molecular weight is 456 g/mol. The third-order valence-corrected chi connectivity index (χ3v) is 4.97. The summed E-state index contributed by atoms with van der Waals surface area (Å²) >= 11 is 1.33. The highest BCUT2D eigenvalue weighted by Crippen LogP contribution is 2.18. The second kappa shape index (κ2) is 9.92. The molecule has 0 spiro atoms. The number of halogens is 1. The molecule has 10 nitrogen and oxygen atoms in total. The molecule has 164 valence electrons. The monoisotopic (exact) mass is 456 g/mol. The van der Waals surface area contributed by atoms with Crippen molar-refractivity contribution >= 4 is 23.9 Å². The molecule has 0 amide bonds. The highest BCUT2D eigenvalue weighted by Gasteiger charge is 2.10. The van der Waals surface area contributed by atoms with E-state index in [1.165, 1.54) is 48.2 Å². The zero-order valence-electron chi connectivity index (χ0n) is 16.8. The maximum Gasteiger partial charge on any atom is 0.358 e. The molecule has 3 heterocycles. The highest BCUT2D eigenvalue weighted by atomic mass is 32.2. The number of esters is 1. The molecule has 12 heteroatoms. The van der Waals surface area contributed by atoms with Crippen molar-refractivity contribution in [2.75, 3.05) is 7.11 Å². The Balaban J connectivity index is 1.32. The van der Waals surface area contributed by atoms with Crippen molar-refractivity contribution in [3.63, 3.8) is 0 Å². The van der Waals surface area contributed by atoms with Gasteiger partial charge < -0.3 is 13.9 Å². The molecule has 0 fully saturated rings. The molecule has 0 radical (unpaired) electrons. The van der Waals surface area contributed by atoms with Crippen molar-refractivity contribution < 1.29 is 23.1 Å². The van der Waals surface area contributed by atoms with Crippen LogP contribution in [0.3, 0.4) is 0 Å². The molecule has 0 aliphatic carbocycles. The molecule has 0 saturated heterocycles. The van der Waals surface area contributed by atoms with Crippen LogP contribution in [0.15, 0.2) is 69.7 Å². The summed E-state index contributed by atoms with van der Waals surface area (Å²) in [7, 11) is 1.30. The fourth-order valence-corrected chi connectivity index (χ4v) is 3.23. The fourth-order valence-electron chi connectivity index (χ4n) is 2.51. The van der Waals surface area contributed by atoms with Gasteiger partial charge in [0.05, 0.1) is 19.2 Å². The van der Waals surface area contributed by atoms with E-state index in [9.17, 15) is 9.18 Å². The number of rotatable bonds is 9. The summed E-state index contributed by atoms with van der Waals surface area (Å²) in [6.07, 6.45) is 4.66. The van der Waals surface area contributed by atoms with Gasteiger partial charge >= 0.3 is 5.97 Å². The molecule has 0 saturated carbocycles. The van der Waals surface area contributed by atoms with E-state index in [4.69, 9.17) is 9.15 Å². The zero-order chi connectivity index (χ0) is 22.3. The van der Waals surface area contributed by atoms with Crippen LogP contribution in [-0.2, 0) is 17.2 Å². The lowest BCUT2D eigenvalue weighted by Gasteiger charge is -2.03. The molecule has 1 aromatic carbocycles. The van der Waals surface area contributed by atoms with Crippen LogP contribution in [0, 0.1) is 5.82 Å². The summed E-state index contributed by atoms with van der Waals surface area (Å²) in [5, 5.41) is 16.9. The van der Waals surface area contributed by atoms with Crippen LogP contribution in [0.1, 0.15) is 22.0 Å². The van der Waals surface area contributed by atoms with Gasteiger partial charge in [0.25, 0.3) is 0 Å². The number of aromatic nitrogens is 5. The smallest absolute Gasteiger partial charge is 0.358 e. The lowest BCUT2D eigenvalue weighted by atomic mass is 10.3. The normalized spacial score (nSPS) is 11.2. The van der Waals surface area contributed by atoms with Crippen LogP contribution in [-0.4, -0.2) is 43.9 Å².